The van der Waals surface area contributed by atoms with Gasteiger partial charge in [-0.3, -0.25) is 0 Å². The fourth-order valence-corrected chi connectivity index (χ4v) is 5.30. The van der Waals surface area contributed by atoms with Gasteiger partial charge in [0, 0.05) is 5.41 Å². The van der Waals surface area contributed by atoms with E-state index in [4.69, 9.17) is 0 Å². The molecule has 0 heterocycles. The van der Waals surface area contributed by atoms with Crippen LogP contribution in [0.25, 0.3) is 0 Å². The lowest BCUT2D eigenvalue weighted by Gasteiger charge is -2.53. The summed E-state index contributed by atoms with van der Waals surface area (Å²) < 4.78 is 0. The summed E-state index contributed by atoms with van der Waals surface area (Å²) >= 11 is 0. The monoisotopic (exact) mass is 304 g/mol. The number of aliphatic hydroxyl groups is 2. The number of rotatable bonds is 1. The fourth-order valence-electron chi connectivity index (χ4n) is 5.30. The minimum Gasteiger partial charge on any atom is -0.388 e. The van der Waals surface area contributed by atoms with E-state index >= 15 is 0 Å². The van der Waals surface area contributed by atoms with Gasteiger partial charge in [-0.15, -0.1) is 0 Å². The largest absolute Gasteiger partial charge is 0.388 e. The van der Waals surface area contributed by atoms with Crippen LogP contribution in [0.3, 0.4) is 0 Å². The zero-order chi connectivity index (χ0) is 16.3. The van der Waals surface area contributed by atoms with Crippen LogP contribution in [0.15, 0.2) is 23.8 Å². The minimum absolute atomic E-state index is 0.0200. The Morgan fingerprint density at radius 2 is 1.77 bits per heavy atom. The van der Waals surface area contributed by atoms with Gasteiger partial charge in [-0.2, -0.15) is 0 Å². The minimum atomic E-state index is -0.685. The summed E-state index contributed by atoms with van der Waals surface area (Å²) in [6.07, 6.45) is 10.2. The Morgan fingerprint density at radius 1 is 1.09 bits per heavy atom. The molecule has 6 atom stereocenters. The Kier molecular flexibility index (Phi) is 3.66. The Labute approximate surface area is 135 Å². The highest BCUT2D eigenvalue weighted by Gasteiger charge is 2.57. The predicted octanol–water partition coefficient (Wildman–Crippen LogP) is 4.08. The van der Waals surface area contributed by atoms with Gasteiger partial charge in [0.05, 0.1) is 11.7 Å². The number of hydrogen-bond donors (Lipinski definition) is 2. The van der Waals surface area contributed by atoms with Gasteiger partial charge in [0.1, 0.15) is 0 Å². The highest BCUT2D eigenvalue weighted by Crippen LogP contribution is 2.63. The molecule has 22 heavy (non-hydrogen) atoms. The lowest BCUT2D eigenvalue weighted by atomic mass is 9.51. The van der Waals surface area contributed by atoms with E-state index in [1.807, 2.05) is 13.0 Å². The van der Waals surface area contributed by atoms with Gasteiger partial charge < -0.3 is 10.2 Å². The van der Waals surface area contributed by atoms with Crippen molar-refractivity contribution in [3.8, 4) is 0 Å². The first-order valence-electron chi connectivity index (χ1n) is 8.91. The summed E-state index contributed by atoms with van der Waals surface area (Å²) in [6.45, 7) is 11.1. The Balaban J connectivity index is 2.03. The topological polar surface area (TPSA) is 40.5 Å². The summed E-state index contributed by atoms with van der Waals surface area (Å²) in [5.74, 6) is 1.44. The smallest absolute Gasteiger partial charge is 0.0800 e. The van der Waals surface area contributed by atoms with Crippen LogP contribution in [0.1, 0.15) is 60.3 Å². The number of allylic oxidation sites excluding steroid dienone is 2. The molecule has 0 spiro atoms. The van der Waals surface area contributed by atoms with E-state index in [0.717, 1.165) is 25.7 Å². The molecule has 0 aliphatic heterocycles. The lowest BCUT2D eigenvalue weighted by Crippen LogP contribution is -2.48. The second-order valence-corrected chi connectivity index (χ2v) is 9.09. The van der Waals surface area contributed by atoms with Gasteiger partial charge in [-0.25, -0.2) is 0 Å². The van der Waals surface area contributed by atoms with Crippen molar-refractivity contribution in [2.75, 3.05) is 0 Å². The van der Waals surface area contributed by atoms with Crippen LogP contribution < -0.4 is 0 Å². The second-order valence-electron chi connectivity index (χ2n) is 9.09. The Hall–Kier alpha value is -0.600. The van der Waals surface area contributed by atoms with Gasteiger partial charge in [0.15, 0.2) is 0 Å². The van der Waals surface area contributed by atoms with Crippen molar-refractivity contribution in [3.63, 3.8) is 0 Å². The van der Waals surface area contributed by atoms with Crippen LogP contribution in [0.5, 0.6) is 0 Å². The molecule has 0 aromatic carbocycles. The predicted molar refractivity (Wildman–Crippen MR) is 90.4 cm³/mol. The third-order valence-electron chi connectivity index (χ3n) is 7.00. The van der Waals surface area contributed by atoms with Crippen LogP contribution in [0.2, 0.25) is 0 Å². The van der Waals surface area contributed by atoms with E-state index in [-0.39, 0.29) is 16.9 Å². The van der Waals surface area contributed by atoms with Crippen molar-refractivity contribution in [2.24, 2.45) is 28.6 Å². The molecule has 0 aromatic heterocycles. The van der Waals surface area contributed by atoms with Gasteiger partial charge in [0.2, 0.25) is 0 Å². The second kappa shape index (κ2) is 4.95. The molecule has 0 saturated heterocycles. The maximum atomic E-state index is 10.7. The molecule has 2 heteroatoms. The zero-order valence-corrected chi connectivity index (χ0v) is 14.8. The summed E-state index contributed by atoms with van der Waals surface area (Å²) in [6, 6.07) is 0. The van der Waals surface area contributed by atoms with E-state index in [2.05, 4.69) is 39.8 Å². The molecule has 1 fully saturated rings. The van der Waals surface area contributed by atoms with Gasteiger partial charge in [-0.1, -0.05) is 51.5 Å². The molecule has 4 unspecified atom stereocenters. The molecule has 2 nitrogen and oxygen atoms in total. The molecular formula is C20H32O2. The number of hydrogen-bond acceptors (Lipinski definition) is 2. The van der Waals surface area contributed by atoms with Crippen LogP contribution >= 0.6 is 0 Å². The summed E-state index contributed by atoms with van der Waals surface area (Å²) in [5, 5.41) is 21.2. The Bertz CT molecular complexity index is 516. The molecular weight excluding hydrogens is 272 g/mol. The van der Waals surface area contributed by atoms with Crippen molar-refractivity contribution in [2.45, 2.75) is 72.0 Å². The third kappa shape index (κ3) is 2.30. The average molecular weight is 304 g/mol. The molecule has 0 aromatic rings. The number of fused-ring (bicyclic) bond motifs is 3. The van der Waals surface area contributed by atoms with E-state index < -0.39 is 5.60 Å². The molecule has 124 valence electrons. The van der Waals surface area contributed by atoms with Crippen molar-refractivity contribution in [3.05, 3.63) is 23.8 Å². The molecule has 3 aliphatic rings. The normalized spacial score (nSPS) is 51.3. The van der Waals surface area contributed by atoms with Crippen molar-refractivity contribution >= 4 is 0 Å². The highest BCUT2D eigenvalue weighted by atomic mass is 16.3. The number of aliphatic hydroxyl groups excluding tert-OH is 1. The molecule has 3 rings (SSSR count). The molecule has 0 bridgehead atoms. The molecule has 0 amide bonds. The van der Waals surface area contributed by atoms with Gasteiger partial charge in [-0.05, 0) is 55.8 Å². The first-order chi connectivity index (χ1) is 10.1. The average Bonchev–Trinajstić information content (AvgIpc) is 2.62. The SMILES string of the molecule is CC(C)C1=CC(O)C2(C)CCC3(C)C=C[C@@](C)(O)CC[C@@H]3C12. The van der Waals surface area contributed by atoms with Crippen molar-refractivity contribution < 1.29 is 10.2 Å². The van der Waals surface area contributed by atoms with Crippen LogP contribution in [0, 0.1) is 28.6 Å². The first-order valence-corrected chi connectivity index (χ1v) is 8.91. The van der Waals surface area contributed by atoms with Crippen LogP contribution in [-0.4, -0.2) is 21.9 Å². The molecule has 0 radical (unpaired) electrons. The highest BCUT2D eigenvalue weighted by molar-refractivity contribution is 5.30. The van der Waals surface area contributed by atoms with Crippen molar-refractivity contribution in [1.82, 2.24) is 0 Å². The Morgan fingerprint density at radius 3 is 2.41 bits per heavy atom. The van der Waals surface area contributed by atoms with Crippen molar-refractivity contribution in [1.29, 1.82) is 0 Å². The lowest BCUT2D eigenvalue weighted by molar-refractivity contribution is -0.0492. The summed E-state index contributed by atoms with van der Waals surface area (Å²) in [7, 11) is 0. The zero-order valence-electron chi connectivity index (χ0n) is 14.8. The summed E-state index contributed by atoms with van der Waals surface area (Å²) in [4.78, 5) is 0. The first kappa shape index (κ1) is 16.3. The van der Waals surface area contributed by atoms with E-state index in [0.29, 0.717) is 17.8 Å². The molecule has 1 saturated carbocycles. The van der Waals surface area contributed by atoms with Gasteiger partial charge >= 0.3 is 0 Å². The summed E-state index contributed by atoms with van der Waals surface area (Å²) in [5.41, 5.74) is 0.882. The van der Waals surface area contributed by atoms with E-state index in [1.165, 1.54) is 5.57 Å². The standard InChI is InChI=1S/C20H32O2/c1-13(2)14-12-16(21)20(5)11-9-18(3)8-10-19(4,22)7-6-15(18)17(14)20/h8,10,12-13,15-17,21-22H,6-7,9,11H2,1-5H3/t15-,16?,17?,18?,19+,20?/m1/s1. The third-order valence-corrected chi connectivity index (χ3v) is 7.00. The molecule has 3 aliphatic carbocycles. The maximum absolute atomic E-state index is 10.7. The fraction of sp³-hybridized carbons (Fsp3) is 0.800. The van der Waals surface area contributed by atoms with Gasteiger partial charge in [0.25, 0.3) is 0 Å². The van der Waals surface area contributed by atoms with Crippen LogP contribution in [0.4, 0.5) is 0 Å². The van der Waals surface area contributed by atoms with E-state index in [9.17, 15) is 10.2 Å². The van der Waals surface area contributed by atoms with Crippen LogP contribution in [-0.2, 0) is 0 Å². The van der Waals surface area contributed by atoms with E-state index in [1.54, 1.807) is 0 Å². The maximum Gasteiger partial charge on any atom is 0.0800 e. The molecule has 2 N–H and O–H groups in total. The quantitative estimate of drug-likeness (QED) is 0.717.